The molecule has 3 aromatic carbocycles. The summed E-state index contributed by atoms with van der Waals surface area (Å²) in [5.74, 6) is -0.0535. The topological polar surface area (TPSA) is 47.6 Å². The van der Waals surface area contributed by atoms with Gasteiger partial charge in [-0.25, -0.2) is 0 Å². The summed E-state index contributed by atoms with van der Waals surface area (Å²) in [5, 5.41) is 7.39. The highest BCUT2D eigenvalue weighted by Gasteiger charge is 2.52. The van der Waals surface area contributed by atoms with Crippen molar-refractivity contribution in [3.05, 3.63) is 83.4 Å². The van der Waals surface area contributed by atoms with Crippen LogP contribution in [0.5, 0.6) is 0 Å². The first-order valence-electron chi connectivity index (χ1n) is 12.6. The Bertz CT molecular complexity index is 1240. The van der Waals surface area contributed by atoms with Gasteiger partial charge in [0.25, 0.3) is 5.91 Å². The predicted molar refractivity (Wildman–Crippen MR) is 153 cm³/mol. The summed E-state index contributed by atoms with van der Waals surface area (Å²) in [6, 6.07) is 24.3. The number of carbonyl (C=O) groups excluding carboxylic acids is 1. The third kappa shape index (κ3) is 4.66. The van der Waals surface area contributed by atoms with E-state index in [0.717, 1.165) is 72.2 Å². The van der Waals surface area contributed by atoms with Crippen molar-refractivity contribution in [2.75, 3.05) is 42.9 Å². The Hall–Kier alpha value is -2.77. The Balaban J connectivity index is 1.56. The van der Waals surface area contributed by atoms with E-state index in [9.17, 15) is 4.79 Å². The SMILES string of the molecule is CCCN1C(=S)C(Cc2ccc(-c3ccc(Cl)cc3)cc2)(N2CCNCC2)C(=O)Nc2ccccc21. The maximum Gasteiger partial charge on any atom is 0.252 e. The summed E-state index contributed by atoms with van der Waals surface area (Å²) < 4.78 is 0. The van der Waals surface area contributed by atoms with Crippen LogP contribution in [0.3, 0.4) is 0 Å². The van der Waals surface area contributed by atoms with Gasteiger partial charge in [0.2, 0.25) is 0 Å². The number of para-hydroxylation sites is 2. The van der Waals surface area contributed by atoms with Crippen LogP contribution in [-0.2, 0) is 11.2 Å². The Morgan fingerprint density at radius 3 is 2.25 bits per heavy atom. The standard InChI is InChI=1S/C29H31ClN4OS/c1-2-17-34-26-6-4-3-5-25(26)32-27(35)29(28(34)36,33-18-15-31-16-19-33)20-21-7-9-22(10-8-21)23-11-13-24(30)14-12-23/h3-14,31H,2,15-20H2,1H3,(H,32,35). The fourth-order valence-electron chi connectivity index (χ4n) is 5.26. The van der Waals surface area contributed by atoms with Crippen molar-refractivity contribution in [3.8, 4) is 11.1 Å². The van der Waals surface area contributed by atoms with Gasteiger partial charge in [-0.3, -0.25) is 9.69 Å². The van der Waals surface area contributed by atoms with Crippen molar-refractivity contribution in [1.29, 1.82) is 0 Å². The van der Waals surface area contributed by atoms with Crippen LogP contribution in [0.25, 0.3) is 11.1 Å². The first-order valence-corrected chi connectivity index (χ1v) is 13.3. The number of nitrogens with one attached hydrogen (secondary N) is 2. The number of carbonyl (C=O) groups is 1. The highest BCUT2D eigenvalue weighted by Crippen LogP contribution is 2.37. The second-order valence-corrected chi connectivity index (χ2v) is 10.2. The van der Waals surface area contributed by atoms with E-state index >= 15 is 0 Å². The first kappa shape index (κ1) is 24.9. The summed E-state index contributed by atoms with van der Waals surface area (Å²) in [4.78, 5) is 19.3. The average molecular weight is 519 g/mol. The van der Waals surface area contributed by atoms with Crippen LogP contribution < -0.4 is 15.5 Å². The quantitative estimate of drug-likeness (QED) is 0.428. The molecule has 186 valence electrons. The lowest BCUT2D eigenvalue weighted by Gasteiger charge is -2.46. The van der Waals surface area contributed by atoms with E-state index in [1.165, 1.54) is 0 Å². The molecule has 1 unspecified atom stereocenters. The zero-order valence-corrected chi connectivity index (χ0v) is 22.0. The number of halogens is 1. The van der Waals surface area contributed by atoms with Crippen LogP contribution >= 0.6 is 23.8 Å². The number of amides is 1. The molecule has 1 atom stereocenters. The summed E-state index contributed by atoms with van der Waals surface area (Å²) >= 11 is 12.3. The fraction of sp³-hybridized carbons (Fsp3) is 0.310. The molecule has 1 saturated heterocycles. The molecule has 2 heterocycles. The third-order valence-corrected chi connectivity index (χ3v) is 7.92. The Morgan fingerprint density at radius 1 is 0.944 bits per heavy atom. The molecule has 0 aliphatic carbocycles. The normalized spacial score (nSPS) is 20.6. The van der Waals surface area contributed by atoms with Crippen LogP contribution in [-0.4, -0.2) is 54.1 Å². The van der Waals surface area contributed by atoms with Crippen molar-refractivity contribution in [1.82, 2.24) is 10.2 Å². The van der Waals surface area contributed by atoms with Crippen molar-refractivity contribution < 1.29 is 4.79 Å². The van der Waals surface area contributed by atoms with E-state index in [0.29, 0.717) is 11.4 Å². The van der Waals surface area contributed by atoms with Crippen molar-refractivity contribution in [3.63, 3.8) is 0 Å². The Morgan fingerprint density at radius 2 is 1.58 bits per heavy atom. The molecule has 7 heteroatoms. The number of anilines is 2. The van der Waals surface area contributed by atoms with Gasteiger partial charge in [0.15, 0.2) is 5.54 Å². The molecule has 2 aliphatic rings. The van der Waals surface area contributed by atoms with E-state index in [1.54, 1.807) is 0 Å². The van der Waals surface area contributed by atoms with Gasteiger partial charge in [-0.15, -0.1) is 0 Å². The van der Waals surface area contributed by atoms with Gasteiger partial charge in [-0.2, -0.15) is 0 Å². The number of thiocarbonyl (C=S) groups is 1. The van der Waals surface area contributed by atoms with E-state index in [-0.39, 0.29) is 5.91 Å². The molecule has 0 spiro atoms. The zero-order chi connectivity index (χ0) is 25.1. The van der Waals surface area contributed by atoms with Crippen LogP contribution in [0.15, 0.2) is 72.8 Å². The van der Waals surface area contributed by atoms with Crippen LogP contribution in [0.4, 0.5) is 11.4 Å². The van der Waals surface area contributed by atoms with Gasteiger partial charge < -0.3 is 15.5 Å². The fourth-order valence-corrected chi connectivity index (χ4v) is 5.87. The summed E-state index contributed by atoms with van der Waals surface area (Å²) in [7, 11) is 0. The Kier molecular flexibility index (Phi) is 7.39. The molecule has 5 rings (SSSR count). The lowest BCUT2D eigenvalue weighted by molar-refractivity contribution is -0.124. The maximum atomic E-state index is 14.2. The minimum absolute atomic E-state index is 0.0535. The molecule has 5 nitrogen and oxygen atoms in total. The highest BCUT2D eigenvalue weighted by molar-refractivity contribution is 7.81. The molecule has 0 radical (unpaired) electrons. The van der Waals surface area contributed by atoms with E-state index in [1.807, 2.05) is 48.5 Å². The van der Waals surface area contributed by atoms with Crippen molar-refractivity contribution in [2.24, 2.45) is 0 Å². The molecule has 0 aromatic heterocycles. The van der Waals surface area contributed by atoms with Crippen molar-refractivity contribution in [2.45, 2.75) is 25.3 Å². The molecule has 36 heavy (non-hydrogen) atoms. The number of fused-ring (bicyclic) bond motifs is 1. The lowest BCUT2D eigenvalue weighted by atomic mass is 9.85. The zero-order valence-electron chi connectivity index (χ0n) is 20.5. The predicted octanol–water partition coefficient (Wildman–Crippen LogP) is 5.39. The monoisotopic (exact) mass is 518 g/mol. The lowest BCUT2D eigenvalue weighted by Crippen LogP contribution is -2.68. The molecular weight excluding hydrogens is 488 g/mol. The van der Waals surface area contributed by atoms with Crippen LogP contribution in [0.2, 0.25) is 5.02 Å². The van der Waals surface area contributed by atoms with E-state index in [4.69, 9.17) is 23.8 Å². The van der Waals surface area contributed by atoms with Crippen LogP contribution in [0.1, 0.15) is 18.9 Å². The van der Waals surface area contributed by atoms with Gasteiger partial charge in [-0.05, 0) is 47.4 Å². The number of benzene rings is 3. The van der Waals surface area contributed by atoms with Gasteiger partial charge in [-0.1, -0.05) is 79.3 Å². The Labute approximate surface area is 223 Å². The van der Waals surface area contributed by atoms with Gasteiger partial charge in [0.1, 0.15) is 4.99 Å². The number of hydrogen-bond acceptors (Lipinski definition) is 4. The summed E-state index contributed by atoms with van der Waals surface area (Å²) in [6.45, 7) is 6.07. The van der Waals surface area contributed by atoms with E-state index < -0.39 is 5.54 Å². The van der Waals surface area contributed by atoms with Gasteiger partial charge in [0.05, 0.1) is 11.4 Å². The smallest absolute Gasteiger partial charge is 0.252 e. The highest BCUT2D eigenvalue weighted by atomic mass is 35.5. The maximum absolute atomic E-state index is 14.2. The van der Waals surface area contributed by atoms with E-state index in [2.05, 4.69) is 51.6 Å². The van der Waals surface area contributed by atoms with Crippen molar-refractivity contribution >= 4 is 46.1 Å². The number of nitrogens with zero attached hydrogens (tertiary/aromatic N) is 2. The molecule has 2 aliphatic heterocycles. The number of rotatable bonds is 6. The molecule has 0 bridgehead atoms. The first-order chi connectivity index (χ1) is 17.5. The minimum atomic E-state index is -0.965. The summed E-state index contributed by atoms with van der Waals surface area (Å²) in [6.07, 6.45) is 1.43. The molecule has 2 N–H and O–H groups in total. The third-order valence-electron chi connectivity index (χ3n) is 7.11. The molecule has 0 saturated carbocycles. The second-order valence-electron chi connectivity index (χ2n) is 9.41. The number of piperazine rings is 1. The molecule has 1 amide bonds. The molecular formula is C29H31ClN4OS. The molecule has 1 fully saturated rings. The minimum Gasteiger partial charge on any atom is -0.332 e. The second kappa shape index (κ2) is 10.7. The number of hydrogen-bond donors (Lipinski definition) is 2. The summed E-state index contributed by atoms with van der Waals surface area (Å²) in [5.41, 5.74) is 4.11. The van der Waals surface area contributed by atoms with Gasteiger partial charge in [0, 0.05) is 44.2 Å². The largest absolute Gasteiger partial charge is 0.332 e. The molecule has 3 aromatic rings. The van der Waals surface area contributed by atoms with Gasteiger partial charge >= 0.3 is 0 Å². The van der Waals surface area contributed by atoms with Crippen LogP contribution in [0, 0.1) is 0 Å². The average Bonchev–Trinajstić information content (AvgIpc) is 2.99.